The quantitative estimate of drug-likeness (QED) is 0.669. The first-order chi connectivity index (χ1) is 12.7. The van der Waals surface area contributed by atoms with Crippen LogP contribution in [0.1, 0.15) is 53.5 Å². The van der Waals surface area contributed by atoms with Gasteiger partial charge in [-0.2, -0.15) is 0 Å². The lowest BCUT2D eigenvalue weighted by Crippen LogP contribution is -2.39. The van der Waals surface area contributed by atoms with Crippen LogP contribution in [0.15, 0.2) is 54.7 Å². The van der Waals surface area contributed by atoms with Crippen LogP contribution in [0.5, 0.6) is 0 Å². The van der Waals surface area contributed by atoms with Gasteiger partial charge in [-0.15, -0.1) is 0 Å². The van der Waals surface area contributed by atoms with Gasteiger partial charge in [-0.1, -0.05) is 37.6 Å². The second kappa shape index (κ2) is 6.77. The van der Waals surface area contributed by atoms with Crippen molar-refractivity contribution >= 4 is 22.5 Å². The first-order valence-electron chi connectivity index (χ1n) is 8.98. The molecular formula is C21H22N4O. The first kappa shape index (κ1) is 16.5. The Morgan fingerprint density at radius 2 is 2.04 bits per heavy atom. The summed E-state index contributed by atoms with van der Waals surface area (Å²) in [5.41, 5.74) is 10.8. The van der Waals surface area contributed by atoms with Crippen molar-refractivity contribution in [1.29, 1.82) is 0 Å². The van der Waals surface area contributed by atoms with E-state index in [-0.39, 0.29) is 18.1 Å². The number of fused-ring (bicyclic) bond motifs is 2. The van der Waals surface area contributed by atoms with Gasteiger partial charge in [0, 0.05) is 17.6 Å². The van der Waals surface area contributed by atoms with Crippen LogP contribution in [-0.4, -0.2) is 10.9 Å². The van der Waals surface area contributed by atoms with Crippen LogP contribution in [0.25, 0.3) is 10.9 Å². The minimum absolute atomic E-state index is 0.0828. The molecular weight excluding hydrogens is 324 g/mol. The van der Waals surface area contributed by atoms with Crippen molar-refractivity contribution < 1.29 is 4.79 Å². The maximum absolute atomic E-state index is 12.7. The molecule has 0 saturated carbocycles. The molecule has 26 heavy (non-hydrogen) atoms. The number of rotatable bonds is 4. The Kier molecular flexibility index (Phi) is 4.31. The van der Waals surface area contributed by atoms with Gasteiger partial charge in [-0.3, -0.25) is 9.78 Å². The van der Waals surface area contributed by atoms with Gasteiger partial charge >= 0.3 is 0 Å². The fraction of sp³-hybridized carbons (Fsp3) is 0.238. The minimum atomic E-state index is -0.297. The second-order valence-corrected chi connectivity index (χ2v) is 6.67. The Hall–Kier alpha value is -2.92. The molecule has 2 aromatic carbocycles. The van der Waals surface area contributed by atoms with Gasteiger partial charge < -0.3 is 16.4 Å². The number of nitrogens with one attached hydrogen (secondary N) is 2. The predicted molar refractivity (Wildman–Crippen MR) is 104 cm³/mol. The highest BCUT2D eigenvalue weighted by atomic mass is 16.2. The van der Waals surface area contributed by atoms with Gasteiger partial charge in [-0.25, -0.2) is 0 Å². The smallest absolute Gasteiger partial charge is 0.255 e. The molecule has 0 bridgehead atoms. The average molecular weight is 346 g/mol. The van der Waals surface area contributed by atoms with E-state index in [9.17, 15) is 4.79 Å². The maximum Gasteiger partial charge on any atom is 0.255 e. The van der Waals surface area contributed by atoms with Crippen LogP contribution in [0.3, 0.4) is 0 Å². The lowest BCUT2D eigenvalue weighted by atomic mass is 9.95. The number of aromatic nitrogens is 1. The van der Waals surface area contributed by atoms with E-state index in [1.807, 2.05) is 42.5 Å². The number of carbonyl (C=O) groups is 1. The average Bonchev–Trinajstić information content (AvgIpc) is 2.67. The normalized spacial score (nSPS) is 17.3. The van der Waals surface area contributed by atoms with Crippen molar-refractivity contribution in [2.45, 2.75) is 32.0 Å². The molecule has 1 amide bonds. The molecule has 0 spiro atoms. The first-order valence-corrected chi connectivity index (χ1v) is 8.98. The number of nitrogens with two attached hydrogens (primary N) is 1. The predicted octanol–water partition coefficient (Wildman–Crippen LogP) is 3.89. The molecule has 5 heteroatoms. The lowest BCUT2D eigenvalue weighted by molar-refractivity contribution is 0.0935. The number of amides is 1. The van der Waals surface area contributed by atoms with Gasteiger partial charge in [0.05, 0.1) is 16.8 Å². The van der Waals surface area contributed by atoms with Gasteiger partial charge in [0.2, 0.25) is 0 Å². The Balaban J connectivity index is 1.73. The molecule has 1 aliphatic rings. The standard InChI is InChI=1S/C21H22N4O/c1-2-5-17(22)15-7-3-8-16-19(15)24-20(25-21(16)26)14-9-10-18-13(12-14)6-4-11-23-18/h3-4,6-12,17,20,24H,2,5,22H2,1H3,(H,25,26)/t17-,20+/m0/s1. The molecule has 0 radical (unpaired) electrons. The lowest BCUT2D eigenvalue weighted by Gasteiger charge is -2.31. The number of hydrogen-bond acceptors (Lipinski definition) is 4. The van der Waals surface area contributed by atoms with E-state index in [2.05, 4.69) is 28.6 Å². The summed E-state index contributed by atoms with van der Waals surface area (Å²) in [7, 11) is 0. The molecule has 0 saturated heterocycles. The summed E-state index contributed by atoms with van der Waals surface area (Å²) in [5.74, 6) is -0.0828. The van der Waals surface area contributed by atoms with Crippen LogP contribution < -0.4 is 16.4 Å². The molecule has 132 valence electrons. The molecule has 1 aliphatic heterocycles. The third-order valence-corrected chi connectivity index (χ3v) is 4.86. The van der Waals surface area contributed by atoms with Crippen molar-refractivity contribution in [2.24, 2.45) is 5.73 Å². The fourth-order valence-electron chi connectivity index (χ4n) is 3.53. The summed E-state index contributed by atoms with van der Waals surface area (Å²) >= 11 is 0. The van der Waals surface area contributed by atoms with E-state index >= 15 is 0 Å². The Bertz CT molecular complexity index is 969. The number of pyridine rings is 1. The number of benzene rings is 2. The maximum atomic E-state index is 12.7. The number of carbonyl (C=O) groups excluding carboxylic acids is 1. The summed E-state index contributed by atoms with van der Waals surface area (Å²) in [4.78, 5) is 17.0. The monoisotopic (exact) mass is 346 g/mol. The van der Waals surface area contributed by atoms with E-state index in [1.165, 1.54) is 0 Å². The largest absolute Gasteiger partial charge is 0.361 e. The zero-order valence-electron chi connectivity index (χ0n) is 14.7. The van der Waals surface area contributed by atoms with Crippen molar-refractivity contribution in [1.82, 2.24) is 10.3 Å². The summed E-state index contributed by atoms with van der Waals surface area (Å²) in [6.45, 7) is 2.11. The number of para-hydroxylation sites is 1. The van der Waals surface area contributed by atoms with Gasteiger partial charge in [0.1, 0.15) is 6.17 Å². The summed E-state index contributed by atoms with van der Waals surface area (Å²) < 4.78 is 0. The SMILES string of the molecule is CCC[C@H](N)c1cccc2c1N[C@@H](c1ccc3ncccc3c1)NC2=O. The summed E-state index contributed by atoms with van der Waals surface area (Å²) in [6, 6.07) is 15.6. The van der Waals surface area contributed by atoms with Crippen molar-refractivity contribution in [3.05, 3.63) is 71.4 Å². The van der Waals surface area contributed by atoms with E-state index < -0.39 is 0 Å². The van der Waals surface area contributed by atoms with Crippen LogP contribution in [0, 0.1) is 0 Å². The van der Waals surface area contributed by atoms with E-state index in [1.54, 1.807) is 6.20 Å². The zero-order chi connectivity index (χ0) is 18.1. The van der Waals surface area contributed by atoms with Crippen molar-refractivity contribution in [3.63, 3.8) is 0 Å². The van der Waals surface area contributed by atoms with E-state index in [4.69, 9.17) is 5.73 Å². The van der Waals surface area contributed by atoms with Gasteiger partial charge in [-0.05, 0) is 41.8 Å². The van der Waals surface area contributed by atoms with Crippen LogP contribution in [0.2, 0.25) is 0 Å². The molecule has 0 aliphatic carbocycles. The van der Waals surface area contributed by atoms with Gasteiger partial charge in [0.25, 0.3) is 5.91 Å². The Labute approximate surface area is 152 Å². The zero-order valence-corrected chi connectivity index (χ0v) is 14.7. The van der Waals surface area contributed by atoms with Crippen LogP contribution in [-0.2, 0) is 0 Å². The Morgan fingerprint density at radius 3 is 2.88 bits per heavy atom. The van der Waals surface area contributed by atoms with Crippen molar-refractivity contribution in [2.75, 3.05) is 5.32 Å². The van der Waals surface area contributed by atoms with Crippen LogP contribution >= 0.6 is 0 Å². The number of nitrogens with zero attached hydrogens (tertiary/aromatic N) is 1. The molecule has 3 aromatic rings. The second-order valence-electron chi connectivity index (χ2n) is 6.67. The highest BCUT2D eigenvalue weighted by molar-refractivity contribution is 6.02. The third kappa shape index (κ3) is 2.91. The number of anilines is 1. The van der Waals surface area contributed by atoms with E-state index in [0.717, 1.165) is 40.6 Å². The third-order valence-electron chi connectivity index (χ3n) is 4.86. The molecule has 2 atom stereocenters. The highest BCUT2D eigenvalue weighted by Gasteiger charge is 2.27. The van der Waals surface area contributed by atoms with Gasteiger partial charge in [0.15, 0.2) is 0 Å². The summed E-state index contributed by atoms with van der Waals surface area (Å²) in [5, 5.41) is 7.57. The minimum Gasteiger partial charge on any atom is -0.361 e. The topological polar surface area (TPSA) is 80.0 Å². The number of hydrogen-bond donors (Lipinski definition) is 3. The molecule has 1 aromatic heterocycles. The van der Waals surface area contributed by atoms with E-state index in [0.29, 0.717) is 5.56 Å². The molecule has 2 heterocycles. The Morgan fingerprint density at radius 1 is 1.15 bits per heavy atom. The molecule has 4 N–H and O–H groups in total. The molecule has 0 unspecified atom stereocenters. The molecule has 4 rings (SSSR count). The van der Waals surface area contributed by atoms with Crippen LogP contribution in [0.4, 0.5) is 5.69 Å². The fourth-order valence-corrected chi connectivity index (χ4v) is 3.53. The van der Waals surface area contributed by atoms with Crippen molar-refractivity contribution in [3.8, 4) is 0 Å². The summed E-state index contributed by atoms with van der Waals surface area (Å²) in [6.07, 6.45) is 3.36. The highest BCUT2D eigenvalue weighted by Crippen LogP contribution is 2.34. The molecule has 0 fully saturated rings. The molecule has 5 nitrogen and oxygen atoms in total.